The standard InChI is InChI=1S/C15H19N3O3/c1-3-16-13-8-5-9-14(15(13)18(19)20)17(4-2)11-12-7-6-10-21-12/h5-10,16H,3-4,11H2,1-2H3. The Kier molecular flexibility index (Phi) is 4.81. The number of nitrogens with zero attached hydrogens (tertiary/aromatic N) is 2. The lowest BCUT2D eigenvalue weighted by molar-refractivity contribution is -0.383. The maximum absolute atomic E-state index is 11.5. The zero-order chi connectivity index (χ0) is 15.2. The van der Waals surface area contributed by atoms with Gasteiger partial charge in [0.15, 0.2) is 0 Å². The Labute approximate surface area is 123 Å². The SMILES string of the molecule is CCNc1cccc(N(CC)Cc2ccco2)c1[N+](=O)[O-]. The number of nitrogens with one attached hydrogen (secondary N) is 1. The number of nitro groups is 1. The predicted octanol–water partition coefficient (Wildman–Crippen LogP) is 3.65. The van der Waals surface area contributed by atoms with Gasteiger partial charge in [0.1, 0.15) is 17.1 Å². The van der Waals surface area contributed by atoms with Gasteiger partial charge in [0.2, 0.25) is 0 Å². The second-order valence-electron chi connectivity index (χ2n) is 4.55. The minimum atomic E-state index is -0.335. The van der Waals surface area contributed by atoms with Gasteiger partial charge in [-0.2, -0.15) is 0 Å². The molecule has 6 heteroatoms. The van der Waals surface area contributed by atoms with E-state index in [4.69, 9.17) is 4.42 Å². The molecule has 21 heavy (non-hydrogen) atoms. The third-order valence-electron chi connectivity index (χ3n) is 3.21. The van der Waals surface area contributed by atoms with Crippen molar-refractivity contribution in [3.63, 3.8) is 0 Å². The fraction of sp³-hybridized carbons (Fsp3) is 0.333. The molecule has 6 nitrogen and oxygen atoms in total. The topological polar surface area (TPSA) is 71.5 Å². The van der Waals surface area contributed by atoms with Crippen molar-refractivity contribution in [2.45, 2.75) is 20.4 Å². The number of hydrogen-bond donors (Lipinski definition) is 1. The highest BCUT2D eigenvalue weighted by atomic mass is 16.6. The van der Waals surface area contributed by atoms with Crippen LogP contribution in [-0.4, -0.2) is 18.0 Å². The van der Waals surface area contributed by atoms with Crippen LogP contribution in [0, 0.1) is 10.1 Å². The molecule has 0 saturated heterocycles. The van der Waals surface area contributed by atoms with Crippen LogP contribution in [0.25, 0.3) is 0 Å². The lowest BCUT2D eigenvalue weighted by atomic mass is 10.2. The van der Waals surface area contributed by atoms with Crippen molar-refractivity contribution in [1.29, 1.82) is 0 Å². The normalized spacial score (nSPS) is 10.4. The molecule has 0 fully saturated rings. The summed E-state index contributed by atoms with van der Waals surface area (Å²) in [6.45, 7) is 5.66. The minimum Gasteiger partial charge on any atom is -0.467 e. The number of hydrogen-bond acceptors (Lipinski definition) is 5. The molecule has 2 aromatic rings. The summed E-state index contributed by atoms with van der Waals surface area (Å²) < 4.78 is 5.34. The number of para-hydroxylation sites is 1. The van der Waals surface area contributed by atoms with E-state index in [0.717, 1.165) is 5.76 Å². The highest BCUT2D eigenvalue weighted by Crippen LogP contribution is 2.36. The Balaban J connectivity index is 2.40. The Hall–Kier alpha value is -2.50. The number of benzene rings is 1. The van der Waals surface area contributed by atoms with Crippen LogP contribution in [-0.2, 0) is 6.54 Å². The molecular formula is C15H19N3O3. The first-order valence-electron chi connectivity index (χ1n) is 6.96. The molecule has 0 atom stereocenters. The highest BCUT2D eigenvalue weighted by Gasteiger charge is 2.23. The number of nitro benzene ring substituents is 1. The van der Waals surface area contributed by atoms with Gasteiger partial charge < -0.3 is 14.6 Å². The van der Waals surface area contributed by atoms with Gasteiger partial charge in [-0.05, 0) is 38.1 Å². The summed E-state index contributed by atoms with van der Waals surface area (Å²) >= 11 is 0. The summed E-state index contributed by atoms with van der Waals surface area (Å²) in [4.78, 5) is 13.0. The van der Waals surface area contributed by atoms with Crippen LogP contribution in [0.2, 0.25) is 0 Å². The van der Waals surface area contributed by atoms with E-state index >= 15 is 0 Å². The molecule has 0 amide bonds. The number of furan rings is 1. The Morgan fingerprint density at radius 2 is 2.10 bits per heavy atom. The molecular weight excluding hydrogens is 270 g/mol. The molecule has 0 spiro atoms. The Morgan fingerprint density at radius 3 is 2.67 bits per heavy atom. The molecule has 1 aromatic carbocycles. The number of rotatable bonds is 7. The average molecular weight is 289 g/mol. The largest absolute Gasteiger partial charge is 0.467 e. The summed E-state index contributed by atoms with van der Waals surface area (Å²) in [5, 5.41) is 14.5. The van der Waals surface area contributed by atoms with Crippen LogP contribution >= 0.6 is 0 Å². The fourth-order valence-electron chi connectivity index (χ4n) is 2.27. The summed E-state index contributed by atoms with van der Waals surface area (Å²) in [6, 6.07) is 9.00. The van der Waals surface area contributed by atoms with E-state index in [1.165, 1.54) is 0 Å². The van der Waals surface area contributed by atoms with Gasteiger partial charge >= 0.3 is 5.69 Å². The molecule has 112 valence electrons. The molecule has 0 aliphatic rings. The van der Waals surface area contributed by atoms with Gasteiger partial charge in [0.05, 0.1) is 17.7 Å². The van der Waals surface area contributed by atoms with E-state index in [1.54, 1.807) is 18.4 Å². The van der Waals surface area contributed by atoms with Gasteiger partial charge in [-0.3, -0.25) is 10.1 Å². The van der Waals surface area contributed by atoms with Crippen LogP contribution < -0.4 is 10.2 Å². The van der Waals surface area contributed by atoms with Crippen molar-refractivity contribution in [2.75, 3.05) is 23.3 Å². The van der Waals surface area contributed by atoms with Crippen LogP contribution in [0.4, 0.5) is 17.1 Å². The third-order valence-corrected chi connectivity index (χ3v) is 3.21. The molecule has 0 saturated carbocycles. The Morgan fingerprint density at radius 1 is 1.29 bits per heavy atom. The maximum atomic E-state index is 11.5. The molecule has 1 N–H and O–H groups in total. The van der Waals surface area contributed by atoms with Crippen molar-refractivity contribution in [3.8, 4) is 0 Å². The molecule has 0 aliphatic carbocycles. The smallest absolute Gasteiger partial charge is 0.315 e. The monoisotopic (exact) mass is 289 g/mol. The molecule has 0 unspecified atom stereocenters. The van der Waals surface area contributed by atoms with E-state index < -0.39 is 0 Å². The minimum absolute atomic E-state index is 0.104. The van der Waals surface area contributed by atoms with E-state index in [1.807, 2.05) is 36.9 Å². The molecule has 0 aliphatic heterocycles. The summed E-state index contributed by atoms with van der Waals surface area (Å²) in [7, 11) is 0. The van der Waals surface area contributed by atoms with E-state index in [-0.39, 0.29) is 10.6 Å². The molecule has 1 aromatic heterocycles. The Bertz CT molecular complexity index is 596. The molecule has 0 bridgehead atoms. The van der Waals surface area contributed by atoms with Gasteiger partial charge in [0.25, 0.3) is 0 Å². The summed E-state index contributed by atoms with van der Waals surface area (Å²) in [5.41, 5.74) is 1.24. The van der Waals surface area contributed by atoms with Crippen LogP contribution in [0.1, 0.15) is 19.6 Å². The van der Waals surface area contributed by atoms with Crippen molar-refractivity contribution < 1.29 is 9.34 Å². The first-order valence-corrected chi connectivity index (χ1v) is 6.96. The highest BCUT2D eigenvalue weighted by molar-refractivity contribution is 5.77. The van der Waals surface area contributed by atoms with Gasteiger partial charge in [-0.1, -0.05) is 6.07 Å². The maximum Gasteiger partial charge on any atom is 0.315 e. The number of anilines is 2. The van der Waals surface area contributed by atoms with Crippen molar-refractivity contribution >= 4 is 17.1 Å². The molecule has 1 heterocycles. The van der Waals surface area contributed by atoms with Gasteiger partial charge in [0, 0.05) is 13.1 Å². The van der Waals surface area contributed by atoms with E-state index in [9.17, 15) is 10.1 Å². The lowest BCUT2D eigenvalue weighted by Crippen LogP contribution is -2.23. The second kappa shape index (κ2) is 6.78. The molecule has 2 rings (SSSR count). The van der Waals surface area contributed by atoms with Crippen molar-refractivity contribution in [1.82, 2.24) is 0 Å². The van der Waals surface area contributed by atoms with Crippen LogP contribution in [0.5, 0.6) is 0 Å². The summed E-state index contributed by atoms with van der Waals surface area (Å²) in [6.07, 6.45) is 1.60. The predicted molar refractivity (Wildman–Crippen MR) is 82.7 cm³/mol. The summed E-state index contributed by atoms with van der Waals surface area (Å²) in [5.74, 6) is 0.778. The zero-order valence-electron chi connectivity index (χ0n) is 12.2. The fourth-order valence-corrected chi connectivity index (χ4v) is 2.27. The zero-order valence-corrected chi connectivity index (χ0v) is 12.2. The second-order valence-corrected chi connectivity index (χ2v) is 4.55. The van der Waals surface area contributed by atoms with Crippen LogP contribution in [0.15, 0.2) is 41.0 Å². The van der Waals surface area contributed by atoms with E-state index in [0.29, 0.717) is 31.0 Å². The van der Waals surface area contributed by atoms with E-state index in [2.05, 4.69) is 5.32 Å². The molecule has 0 radical (unpaired) electrons. The van der Waals surface area contributed by atoms with Crippen molar-refractivity contribution in [2.24, 2.45) is 0 Å². The van der Waals surface area contributed by atoms with Gasteiger partial charge in [-0.25, -0.2) is 0 Å². The quantitative estimate of drug-likeness (QED) is 0.622. The van der Waals surface area contributed by atoms with Crippen molar-refractivity contribution in [3.05, 3.63) is 52.5 Å². The first-order chi connectivity index (χ1) is 10.2. The van der Waals surface area contributed by atoms with Gasteiger partial charge in [-0.15, -0.1) is 0 Å². The van der Waals surface area contributed by atoms with Crippen LogP contribution in [0.3, 0.4) is 0 Å². The lowest BCUT2D eigenvalue weighted by Gasteiger charge is -2.22. The average Bonchev–Trinajstić information content (AvgIpc) is 2.97. The third kappa shape index (κ3) is 3.34. The first kappa shape index (κ1) is 14.9.